The molecule has 0 unspecified atom stereocenters. The molecule has 76 valence electrons. The van der Waals surface area contributed by atoms with Gasteiger partial charge >= 0.3 is 0 Å². The normalized spacial score (nSPS) is 13.1. The van der Waals surface area contributed by atoms with Crippen LogP contribution < -0.4 is 9.47 Å². The molecule has 0 aliphatic carbocycles. The van der Waals surface area contributed by atoms with E-state index < -0.39 is 0 Å². The zero-order valence-corrected chi connectivity index (χ0v) is 9.00. The summed E-state index contributed by atoms with van der Waals surface area (Å²) >= 11 is 1.65. The highest BCUT2D eigenvalue weighted by atomic mass is 32.1. The van der Waals surface area contributed by atoms with E-state index in [0.717, 1.165) is 22.8 Å². The molecule has 0 N–H and O–H groups in total. The van der Waals surface area contributed by atoms with Crippen LogP contribution in [0.15, 0.2) is 23.7 Å². The first-order valence-corrected chi connectivity index (χ1v) is 5.52. The summed E-state index contributed by atoms with van der Waals surface area (Å²) in [7, 11) is 0. The summed E-state index contributed by atoms with van der Waals surface area (Å²) < 4.78 is 10.6. The Bertz CT molecular complexity index is 507. The second-order valence-corrected chi connectivity index (χ2v) is 4.38. The van der Waals surface area contributed by atoms with E-state index in [1.54, 1.807) is 11.3 Å². The largest absolute Gasteiger partial charge is 0.454 e. The molecule has 0 saturated heterocycles. The number of nitrogens with zero attached hydrogens (tertiary/aromatic N) is 1. The van der Waals surface area contributed by atoms with E-state index in [2.05, 4.69) is 11.9 Å². The summed E-state index contributed by atoms with van der Waals surface area (Å²) in [5.41, 5.74) is 3.96. The van der Waals surface area contributed by atoms with Crippen molar-refractivity contribution in [3.8, 4) is 22.8 Å². The van der Waals surface area contributed by atoms with Crippen LogP contribution in [-0.4, -0.2) is 11.8 Å². The zero-order chi connectivity index (χ0) is 10.3. The molecule has 1 aromatic heterocycles. The summed E-state index contributed by atoms with van der Waals surface area (Å²) in [5.74, 6) is 1.62. The average molecular weight is 219 g/mol. The first-order valence-electron chi connectivity index (χ1n) is 4.65. The predicted molar refractivity (Wildman–Crippen MR) is 58.4 cm³/mol. The lowest BCUT2D eigenvalue weighted by molar-refractivity contribution is 0.174. The van der Waals surface area contributed by atoms with E-state index >= 15 is 0 Å². The molecular weight excluding hydrogens is 210 g/mol. The van der Waals surface area contributed by atoms with Crippen molar-refractivity contribution in [1.29, 1.82) is 0 Å². The van der Waals surface area contributed by atoms with Crippen LogP contribution in [0.25, 0.3) is 11.3 Å². The molecule has 1 aromatic carbocycles. The smallest absolute Gasteiger partial charge is 0.231 e. The first-order chi connectivity index (χ1) is 7.34. The van der Waals surface area contributed by atoms with Gasteiger partial charge in [-0.1, -0.05) is 0 Å². The van der Waals surface area contributed by atoms with Gasteiger partial charge in [-0.15, -0.1) is 11.3 Å². The van der Waals surface area contributed by atoms with Crippen LogP contribution in [0.3, 0.4) is 0 Å². The van der Waals surface area contributed by atoms with Gasteiger partial charge in [0.15, 0.2) is 11.5 Å². The van der Waals surface area contributed by atoms with E-state index in [1.165, 1.54) is 4.88 Å². The zero-order valence-electron chi connectivity index (χ0n) is 8.19. The van der Waals surface area contributed by atoms with Crippen molar-refractivity contribution in [3.63, 3.8) is 0 Å². The van der Waals surface area contributed by atoms with Crippen molar-refractivity contribution in [2.45, 2.75) is 6.92 Å². The molecule has 1 aliphatic rings. The van der Waals surface area contributed by atoms with Crippen molar-refractivity contribution >= 4 is 11.3 Å². The third-order valence-electron chi connectivity index (χ3n) is 2.39. The van der Waals surface area contributed by atoms with Gasteiger partial charge in [-0.05, 0) is 25.1 Å². The monoisotopic (exact) mass is 219 g/mol. The molecule has 2 aromatic rings. The minimum atomic E-state index is 0.314. The molecule has 0 radical (unpaired) electrons. The lowest BCUT2D eigenvalue weighted by Crippen LogP contribution is -1.92. The minimum Gasteiger partial charge on any atom is -0.454 e. The molecule has 1 aliphatic heterocycles. The molecule has 0 atom stereocenters. The number of fused-ring (bicyclic) bond motifs is 1. The number of thiazole rings is 1. The highest BCUT2D eigenvalue weighted by Crippen LogP contribution is 2.36. The van der Waals surface area contributed by atoms with Gasteiger partial charge in [-0.2, -0.15) is 0 Å². The van der Waals surface area contributed by atoms with Crippen molar-refractivity contribution in [2.75, 3.05) is 6.79 Å². The van der Waals surface area contributed by atoms with Gasteiger partial charge in [-0.3, -0.25) is 0 Å². The van der Waals surface area contributed by atoms with Crippen LogP contribution >= 0.6 is 11.3 Å². The van der Waals surface area contributed by atoms with Crippen LogP contribution in [0.1, 0.15) is 4.88 Å². The Balaban J connectivity index is 2.11. The van der Waals surface area contributed by atoms with Gasteiger partial charge in [-0.25, -0.2) is 4.98 Å². The van der Waals surface area contributed by atoms with E-state index in [4.69, 9.17) is 9.47 Å². The summed E-state index contributed by atoms with van der Waals surface area (Å²) in [4.78, 5) is 5.55. The molecule has 4 heteroatoms. The van der Waals surface area contributed by atoms with Gasteiger partial charge < -0.3 is 9.47 Å². The van der Waals surface area contributed by atoms with Gasteiger partial charge in [0.05, 0.1) is 11.2 Å². The van der Waals surface area contributed by atoms with Gasteiger partial charge in [0.25, 0.3) is 0 Å². The lowest BCUT2D eigenvalue weighted by Gasteiger charge is -2.00. The molecule has 0 saturated carbocycles. The second-order valence-electron chi connectivity index (χ2n) is 3.33. The highest BCUT2D eigenvalue weighted by Gasteiger charge is 2.15. The SMILES string of the molecule is Cc1scnc1-c1ccc2c(c1)OCO2. The fourth-order valence-corrected chi connectivity index (χ4v) is 2.22. The Kier molecular flexibility index (Phi) is 1.89. The second kappa shape index (κ2) is 3.24. The quantitative estimate of drug-likeness (QED) is 0.739. The number of hydrogen-bond acceptors (Lipinski definition) is 4. The van der Waals surface area contributed by atoms with Crippen molar-refractivity contribution in [1.82, 2.24) is 4.98 Å². The molecule has 0 amide bonds. The standard InChI is InChI=1S/C11H9NO2S/c1-7-11(12-5-15-7)8-2-3-9-10(4-8)14-6-13-9/h2-5H,6H2,1H3. The Labute approximate surface area is 91.3 Å². The highest BCUT2D eigenvalue weighted by molar-refractivity contribution is 7.10. The summed E-state index contributed by atoms with van der Waals surface area (Å²) in [6, 6.07) is 5.91. The average Bonchev–Trinajstić information content (AvgIpc) is 2.84. The Morgan fingerprint density at radius 1 is 1.27 bits per heavy atom. The molecule has 3 rings (SSSR count). The van der Waals surface area contributed by atoms with Gasteiger partial charge in [0, 0.05) is 10.4 Å². The molecule has 0 spiro atoms. The van der Waals surface area contributed by atoms with Crippen molar-refractivity contribution in [3.05, 3.63) is 28.6 Å². The van der Waals surface area contributed by atoms with Crippen LogP contribution in [0.2, 0.25) is 0 Å². The number of benzene rings is 1. The molecule has 0 fully saturated rings. The Hall–Kier alpha value is -1.55. The first kappa shape index (κ1) is 8.73. The Morgan fingerprint density at radius 2 is 2.13 bits per heavy atom. The summed E-state index contributed by atoms with van der Waals surface area (Å²) in [5, 5.41) is 0. The Morgan fingerprint density at radius 3 is 2.93 bits per heavy atom. The minimum absolute atomic E-state index is 0.314. The molecule has 15 heavy (non-hydrogen) atoms. The molecular formula is C11H9NO2S. The van der Waals surface area contributed by atoms with Crippen LogP contribution in [0.4, 0.5) is 0 Å². The van der Waals surface area contributed by atoms with E-state index in [9.17, 15) is 0 Å². The third kappa shape index (κ3) is 1.37. The molecule has 3 nitrogen and oxygen atoms in total. The third-order valence-corrected chi connectivity index (χ3v) is 3.15. The van der Waals surface area contributed by atoms with Crippen LogP contribution in [0.5, 0.6) is 11.5 Å². The maximum atomic E-state index is 5.33. The van der Waals surface area contributed by atoms with E-state index in [0.29, 0.717) is 6.79 Å². The fraction of sp³-hybridized carbons (Fsp3) is 0.182. The lowest BCUT2D eigenvalue weighted by atomic mass is 10.1. The number of aryl methyl sites for hydroxylation is 1. The summed E-state index contributed by atoms with van der Waals surface area (Å²) in [6.07, 6.45) is 0. The summed E-state index contributed by atoms with van der Waals surface area (Å²) in [6.45, 7) is 2.38. The van der Waals surface area contributed by atoms with E-state index in [1.807, 2.05) is 23.7 Å². The van der Waals surface area contributed by atoms with Gasteiger partial charge in [0.2, 0.25) is 6.79 Å². The molecule has 2 heterocycles. The topological polar surface area (TPSA) is 31.4 Å². The predicted octanol–water partition coefficient (Wildman–Crippen LogP) is 2.85. The maximum absolute atomic E-state index is 5.33. The van der Waals surface area contributed by atoms with Gasteiger partial charge in [0.1, 0.15) is 0 Å². The fourth-order valence-electron chi connectivity index (χ4n) is 1.63. The van der Waals surface area contributed by atoms with Crippen LogP contribution in [0, 0.1) is 6.92 Å². The van der Waals surface area contributed by atoms with Crippen molar-refractivity contribution < 1.29 is 9.47 Å². The van der Waals surface area contributed by atoms with E-state index in [-0.39, 0.29) is 0 Å². The maximum Gasteiger partial charge on any atom is 0.231 e. The van der Waals surface area contributed by atoms with Crippen molar-refractivity contribution in [2.24, 2.45) is 0 Å². The molecule has 0 bridgehead atoms. The number of aromatic nitrogens is 1. The van der Waals surface area contributed by atoms with Crippen LogP contribution in [-0.2, 0) is 0 Å². The number of hydrogen-bond donors (Lipinski definition) is 0. The number of ether oxygens (including phenoxy) is 2. The number of rotatable bonds is 1.